The predicted molar refractivity (Wildman–Crippen MR) is 77.0 cm³/mol. The Morgan fingerprint density at radius 3 is 2.43 bits per heavy atom. The molecule has 0 aromatic heterocycles. The number of rotatable bonds is 5. The van der Waals surface area contributed by atoms with Gasteiger partial charge < -0.3 is 10.6 Å². The zero-order valence-corrected chi connectivity index (χ0v) is 11.3. The lowest BCUT2D eigenvalue weighted by atomic mass is 10.2. The van der Waals surface area contributed by atoms with Gasteiger partial charge in [-0.1, -0.05) is 36.4 Å². The molecule has 0 aliphatic heterocycles. The second kappa shape index (κ2) is 7.19. The molecule has 108 valence electrons. The van der Waals surface area contributed by atoms with E-state index in [9.17, 15) is 14.0 Å². The van der Waals surface area contributed by atoms with Gasteiger partial charge >= 0.3 is 0 Å². The Kier molecular flexibility index (Phi) is 5.04. The van der Waals surface area contributed by atoms with Crippen molar-refractivity contribution in [2.45, 2.75) is 6.54 Å². The maximum atomic E-state index is 13.0. The van der Waals surface area contributed by atoms with Crippen LogP contribution in [0.1, 0.15) is 15.9 Å². The Morgan fingerprint density at radius 2 is 1.71 bits per heavy atom. The van der Waals surface area contributed by atoms with Gasteiger partial charge in [0, 0.05) is 12.1 Å². The molecule has 2 N–H and O–H groups in total. The van der Waals surface area contributed by atoms with E-state index in [1.54, 1.807) is 0 Å². The van der Waals surface area contributed by atoms with Crippen molar-refractivity contribution in [3.8, 4) is 0 Å². The van der Waals surface area contributed by atoms with Gasteiger partial charge in [-0.15, -0.1) is 0 Å². The Balaban J connectivity index is 1.77. The van der Waals surface area contributed by atoms with Crippen molar-refractivity contribution >= 4 is 11.8 Å². The van der Waals surface area contributed by atoms with Crippen molar-refractivity contribution in [2.75, 3.05) is 6.54 Å². The summed E-state index contributed by atoms with van der Waals surface area (Å²) >= 11 is 0. The van der Waals surface area contributed by atoms with E-state index in [1.807, 2.05) is 30.3 Å². The van der Waals surface area contributed by atoms with Crippen LogP contribution in [0.5, 0.6) is 0 Å². The Hall–Kier alpha value is -2.69. The minimum atomic E-state index is -0.490. The Morgan fingerprint density at radius 1 is 0.952 bits per heavy atom. The quantitative estimate of drug-likeness (QED) is 0.881. The van der Waals surface area contributed by atoms with Gasteiger partial charge in [0.1, 0.15) is 5.82 Å². The van der Waals surface area contributed by atoms with E-state index in [-0.39, 0.29) is 18.0 Å². The third-order valence-corrected chi connectivity index (χ3v) is 2.83. The second-order valence-corrected chi connectivity index (χ2v) is 4.46. The van der Waals surface area contributed by atoms with Crippen LogP contribution in [-0.4, -0.2) is 18.4 Å². The monoisotopic (exact) mass is 286 g/mol. The fraction of sp³-hybridized carbons (Fsp3) is 0.125. The first-order chi connectivity index (χ1) is 10.1. The summed E-state index contributed by atoms with van der Waals surface area (Å²) in [6, 6.07) is 14.8. The smallest absolute Gasteiger partial charge is 0.251 e. The highest BCUT2D eigenvalue weighted by Gasteiger charge is 2.08. The predicted octanol–water partition coefficient (Wildman–Crippen LogP) is 1.87. The number of amides is 2. The Labute approximate surface area is 122 Å². The second-order valence-electron chi connectivity index (χ2n) is 4.46. The SMILES string of the molecule is O=C(CNC(=O)c1cccc(F)c1)NCc1ccccc1. The molecular formula is C16H15FN2O2. The van der Waals surface area contributed by atoms with Gasteiger partial charge in [0.05, 0.1) is 6.54 Å². The van der Waals surface area contributed by atoms with Crippen LogP contribution < -0.4 is 10.6 Å². The van der Waals surface area contributed by atoms with E-state index < -0.39 is 11.7 Å². The van der Waals surface area contributed by atoms with Gasteiger partial charge in [-0.3, -0.25) is 9.59 Å². The molecule has 0 aliphatic carbocycles. The molecule has 0 atom stereocenters. The van der Waals surface area contributed by atoms with Crippen molar-refractivity contribution in [3.05, 3.63) is 71.5 Å². The van der Waals surface area contributed by atoms with Crippen LogP contribution in [0, 0.1) is 5.82 Å². The molecule has 2 aromatic rings. The molecule has 4 nitrogen and oxygen atoms in total. The van der Waals surface area contributed by atoms with E-state index in [4.69, 9.17) is 0 Å². The summed E-state index contributed by atoms with van der Waals surface area (Å²) in [7, 11) is 0. The van der Waals surface area contributed by atoms with E-state index in [0.717, 1.165) is 11.6 Å². The van der Waals surface area contributed by atoms with Crippen molar-refractivity contribution < 1.29 is 14.0 Å². The lowest BCUT2D eigenvalue weighted by Crippen LogP contribution is -2.36. The van der Waals surface area contributed by atoms with E-state index in [0.29, 0.717) is 6.54 Å². The van der Waals surface area contributed by atoms with E-state index in [2.05, 4.69) is 10.6 Å². The van der Waals surface area contributed by atoms with Gasteiger partial charge in [-0.2, -0.15) is 0 Å². The van der Waals surface area contributed by atoms with Crippen LogP contribution in [0.2, 0.25) is 0 Å². The van der Waals surface area contributed by atoms with Crippen LogP contribution in [0.25, 0.3) is 0 Å². The minimum Gasteiger partial charge on any atom is -0.350 e. The zero-order chi connectivity index (χ0) is 15.1. The molecule has 2 rings (SSSR count). The van der Waals surface area contributed by atoms with Gasteiger partial charge in [-0.05, 0) is 23.8 Å². The van der Waals surface area contributed by atoms with Crippen molar-refractivity contribution in [1.29, 1.82) is 0 Å². The van der Waals surface area contributed by atoms with Gasteiger partial charge in [0.2, 0.25) is 5.91 Å². The number of hydrogen-bond acceptors (Lipinski definition) is 2. The van der Waals surface area contributed by atoms with E-state index >= 15 is 0 Å². The molecule has 0 heterocycles. The summed E-state index contributed by atoms with van der Waals surface area (Å²) in [5.74, 6) is -1.27. The molecule has 0 saturated carbocycles. The summed E-state index contributed by atoms with van der Waals surface area (Å²) in [4.78, 5) is 23.3. The molecule has 21 heavy (non-hydrogen) atoms. The average molecular weight is 286 g/mol. The number of halogens is 1. The summed E-state index contributed by atoms with van der Waals surface area (Å²) in [5, 5.41) is 5.13. The first kappa shape index (κ1) is 14.7. The van der Waals surface area contributed by atoms with Crippen LogP contribution >= 0.6 is 0 Å². The number of carbonyl (C=O) groups excluding carboxylic acids is 2. The molecule has 0 spiro atoms. The summed E-state index contributed by atoms with van der Waals surface area (Å²) in [6.07, 6.45) is 0. The first-order valence-electron chi connectivity index (χ1n) is 6.49. The van der Waals surface area contributed by atoms with Crippen molar-refractivity contribution in [3.63, 3.8) is 0 Å². The van der Waals surface area contributed by atoms with Crippen LogP contribution in [0.15, 0.2) is 54.6 Å². The first-order valence-corrected chi connectivity index (χ1v) is 6.49. The molecule has 5 heteroatoms. The Bertz CT molecular complexity index is 629. The normalized spacial score (nSPS) is 9.95. The van der Waals surface area contributed by atoms with E-state index in [1.165, 1.54) is 18.2 Å². The number of nitrogens with one attached hydrogen (secondary N) is 2. The van der Waals surface area contributed by atoms with Crippen molar-refractivity contribution in [1.82, 2.24) is 10.6 Å². The third kappa shape index (κ3) is 4.72. The molecule has 0 unspecified atom stereocenters. The highest BCUT2D eigenvalue weighted by molar-refractivity contribution is 5.96. The van der Waals surface area contributed by atoms with Gasteiger partial charge in [0.15, 0.2) is 0 Å². The largest absolute Gasteiger partial charge is 0.350 e. The molecule has 0 aliphatic rings. The van der Waals surface area contributed by atoms with Gasteiger partial charge in [0.25, 0.3) is 5.91 Å². The van der Waals surface area contributed by atoms with Crippen LogP contribution in [0.4, 0.5) is 4.39 Å². The van der Waals surface area contributed by atoms with Crippen molar-refractivity contribution in [2.24, 2.45) is 0 Å². The van der Waals surface area contributed by atoms with Crippen LogP contribution in [0.3, 0.4) is 0 Å². The standard InChI is InChI=1S/C16H15FN2O2/c17-14-8-4-7-13(9-14)16(21)19-11-15(20)18-10-12-5-2-1-3-6-12/h1-9H,10-11H2,(H,18,20)(H,19,21). The molecule has 0 saturated heterocycles. The number of benzene rings is 2. The topological polar surface area (TPSA) is 58.2 Å². The summed E-state index contributed by atoms with van der Waals surface area (Å²) < 4.78 is 13.0. The highest BCUT2D eigenvalue weighted by atomic mass is 19.1. The van der Waals surface area contributed by atoms with Gasteiger partial charge in [-0.25, -0.2) is 4.39 Å². The number of carbonyl (C=O) groups is 2. The summed E-state index contributed by atoms with van der Waals surface area (Å²) in [6.45, 7) is 0.248. The van der Waals surface area contributed by atoms with Crippen LogP contribution in [-0.2, 0) is 11.3 Å². The summed E-state index contributed by atoms with van der Waals surface area (Å²) in [5.41, 5.74) is 1.16. The maximum absolute atomic E-state index is 13.0. The lowest BCUT2D eigenvalue weighted by molar-refractivity contribution is -0.120. The molecule has 2 amide bonds. The molecule has 0 bridgehead atoms. The average Bonchev–Trinajstić information content (AvgIpc) is 2.51. The minimum absolute atomic E-state index is 0.151. The maximum Gasteiger partial charge on any atom is 0.251 e. The molecular weight excluding hydrogens is 271 g/mol. The zero-order valence-electron chi connectivity index (χ0n) is 11.3. The lowest BCUT2D eigenvalue weighted by Gasteiger charge is -2.07. The fourth-order valence-electron chi connectivity index (χ4n) is 1.75. The third-order valence-electron chi connectivity index (χ3n) is 2.83. The fourth-order valence-corrected chi connectivity index (χ4v) is 1.75. The number of hydrogen-bond donors (Lipinski definition) is 2. The molecule has 2 aromatic carbocycles. The molecule has 0 radical (unpaired) electrons. The highest BCUT2D eigenvalue weighted by Crippen LogP contribution is 2.02. The molecule has 0 fully saturated rings.